The van der Waals surface area contributed by atoms with E-state index in [0.717, 1.165) is 26.2 Å². The molecule has 0 bridgehead atoms. The fourth-order valence-electron chi connectivity index (χ4n) is 2.24. The largest absolute Gasteiger partial charge is 0.490 e. The second-order valence-corrected chi connectivity index (χ2v) is 4.87. The Morgan fingerprint density at radius 2 is 2.14 bits per heavy atom. The molecule has 0 aromatic heterocycles. The quantitative estimate of drug-likeness (QED) is 0.469. The first kappa shape index (κ1) is 16.2. The average Bonchev–Trinajstić information content (AvgIpc) is 2.55. The highest BCUT2D eigenvalue weighted by atomic mass is 16.6. The third-order valence-electron chi connectivity index (χ3n) is 3.46. The van der Waals surface area contributed by atoms with Gasteiger partial charge in [-0.05, 0) is 6.07 Å². The van der Waals surface area contributed by atoms with Gasteiger partial charge in [-0.3, -0.25) is 15.0 Å². The van der Waals surface area contributed by atoms with Crippen molar-refractivity contribution in [3.8, 4) is 5.75 Å². The molecule has 1 saturated heterocycles. The van der Waals surface area contributed by atoms with Crippen LogP contribution in [0.2, 0.25) is 0 Å². The zero-order valence-electron chi connectivity index (χ0n) is 12.4. The summed E-state index contributed by atoms with van der Waals surface area (Å²) in [5, 5.41) is 14.1. The third-order valence-corrected chi connectivity index (χ3v) is 3.46. The first-order valence-electron chi connectivity index (χ1n) is 7.04. The zero-order valence-corrected chi connectivity index (χ0v) is 12.4. The minimum Gasteiger partial charge on any atom is -0.490 e. The standard InChI is InChI=1S/C14H19N3O5/c1-21-13-10-11(2-3-12(13)17(19)20)14(18)22-9-8-16-6-4-15-5-7-16/h2-3,10,15H,4-9H2,1H3. The highest BCUT2D eigenvalue weighted by Crippen LogP contribution is 2.27. The molecule has 1 aliphatic rings. The summed E-state index contributed by atoms with van der Waals surface area (Å²) in [6, 6.07) is 3.94. The zero-order chi connectivity index (χ0) is 15.9. The first-order chi connectivity index (χ1) is 10.6. The van der Waals surface area contributed by atoms with Gasteiger partial charge in [0.2, 0.25) is 0 Å². The van der Waals surface area contributed by atoms with E-state index in [0.29, 0.717) is 6.54 Å². The number of carbonyl (C=O) groups excluding carboxylic acids is 1. The van der Waals surface area contributed by atoms with Crippen molar-refractivity contribution in [2.24, 2.45) is 0 Å². The molecule has 1 N–H and O–H groups in total. The molecule has 8 heteroatoms. The van der Waals surface area contributed by atoms with Gasteiger partial charge in [-0.25, -0.2) is 4.79 Å². The Labute approximate surface area is 128 Å². The minimum absolute atomic E-state index is 0.0431. The molecular formula is C14H19N3O5. The molecule has 1 fully saturated rings. The van der Waals surface area contributed by atoms with Crippen LogP contribution in [0.4, 0.5) is 5.69 Å². The van der Waals surface area contributed by atoms with Crippen molar-refractivity contribution in [2.45, 2.75) is 0 Å². The molecule has 22 heavy (non-hydrogen) atoms. The van der Waals surface area contributed by atoms with Gasteiger partial charge in [-0.2, -0.15) is 0 Å². The fraction of sp³-hybridized carbons (Fsp3) is 0.500. The predicted octanol–water partition coefficient (Wildman–Crippen LogP) is 0.665. The molecule has 0 radical (unpaired) electrons. The van der Waals surface area contributed by atoms with Crippen molar-refractivity contribution in [3.63, 3.8) is 0 Å². The van der Waals surface area contributed by atoms with E-state index in [1.165, 1.54) is 25.3 Å². The first-order valence-corrected chi connectivity index (χ1v) is 7.04. The Morgan fingerprint density at radius 1 is 1.41 bits per heavy atom. The molecule has 1 aliphatic heterocycles. The maximum atomic E-state index is 12.0. The SMILES string of the molecule is COc1cc(C(=O)OCCN2CCNCC2)ccc1[N+](=O)[O-]. The van der Waals surface area contributed by atoms with E-state index in [4.69, 9.17) is 9.47 Å². The molecule has 1 aromatic rings. The summed E-state index contributed by atoms with van der Waals surface area (Å²) in [6.45, 7) is 4.71. The number of esters is 1. The lowest BCUT2D eigenvalue weighted by Crippen LogP contribution is -2.44. The Bertz CT molecular complexity index is 543. The summed E-state index contributed by atoms with van der Waals surface area (Å²) in [6.07, 6.45) is 0. The molecule has 0 spiro atoms. The number of ether oxygens (including phenoxy) is 2. The normalized spacial score (nSPS) is 15.3. The number of rotatable bonds is 6. The average molecular weight is 309 g/mol. The van der Waals surface area contributed by atoms with Crippen LogP contribution in [-0.4, -0.2) is 62.2 Å². The number of piperazine rings is 1. The highest BCUT2D eigenvalue weighted by molar-refractivity contribution is 5.90. The van der Waals surface area contributed by atoms with Crippen molar-refractivity contribution >= 4 is 11.7 Å². The summed E-state index contributed by atoms with van der Waals surface area (Å²) in [5.41, 5.74) is 0.0580. The van der Waals surface area contributed by atoms with Crippen LogP contribution in [0, 0.1) is 10.1 Å². The maximum absolute atomic E-state index is 12.0. The van der Waals surface area contributed by atoms with Gasteiger partial charge in [-0.15, -0.1) is 0 Å². The summed E-state index contributed by atoms with van der Waals surface area (Å²) in [7, 11) is 1.32. The Kier molecular flexibility index (Phi) is 5.68. The molecule has 0 amide bonds. The number of carbonyl (C=O) groups is 1. The van der Waals surface area contributed by atoms with Crippen LogP contribution in [-0.2, 0) is 4.74 Å². The lowest BCUT2D eigenvalue weighted by molar-refractivity contribution is -0.385. The van der Waals surface area contributed by atoms with Crippen LogP contribution in [0.5, 0.6) is 5.75 Å². The summed E-state index contributed by atoms with van der Waals surface area (Å²) in [5.74, 6) is -0.468. The molecule has 0 unspecified atom stereocenters. The summed E-state index contributed by atoms with van der Waals surface area (Å²) >= 11 is 0. The molecule has 1 aromatic carbocycles. The number of nitrogens with zero attached hydrogens (tertiary/aromatic N) is 2. The van der Waals surface area contributed by atoms with Gasteiger partial charge in [0.15, 0.2) is 5.75 Å². The van der Waals surface area contributed by atoms with E-state index in [1.807, 2.05) is 0 Å². The van der Waals surface area contributed by atoms with Crippen LogP contribution in [0.15, 0.2) is 18.2 Å². The number of hydrogen-bond acceptors (Lipinski definition) is 7. The summed E-state index contributed by atoms with van der Waals surface area (Å²) in [4.78, 5) is 24.4. The monoisotopic (exact) mass is 309 g/mol. The molecule has 0 saturated carbocycles. The molecule has 0 atom stereocenters. The van der Waals surface area contributed by atoms with Gasteiger partial charge >= 0.3 is 11.7 Å². The van der Waals surface area contributed by atoms with Crippen LogP contribution < -0.4 is 10.1 Å². The second-order valence-electron chi connectivity index (χ2n) is 4.87. The van der Waals surface area contributed by atoms with Gasteiger partial charge in [-0.1, -0.05) is 0 Å². The minimum atomic E-state index is -0.557. The van der Waals surface area contributed by atoms with Gasteiger partial charge < -0.3 is 14.8 Å². The van der Waals surface area contributed by atoms with Crippen molar-refractivity contribution in [2.75, 3.05) is 46.4 Å². The van der Waals surface area contributed by atoms with E-state index in [9.17, 15) is 14.9 Å². The number of nitro groups is 1. The van der Waals surface area contributed by atoms with E-state index < -0.39 is 10.9 Å². The lowest BCUT2D eigenvalue weighted by Gasteiger charge is -2.26. The molecule has 120 valence electrons. The lowest BCUT2D eigenvalue weighted by atomic mass is 10.2. The summed E-state index contributed by atoms with van der Waals surface area (Å²) < 4.78 is 10.1. The van der Waals surface area contributed by atoms with Gasteiger partial charge in [0, 0.05) is 44.9 Å². The topological polar surface area (TPSA) is 93.9 Å². The smallest absolute Gasteiger partial charge is 0.338 e. The Balaban J connectivity index is 1.90. The van der Waals surface area contributed by atoms with Gasteiger partial charge in [0.1, 0.15) is 6.61 Å². The van der Waals surface area contributed by atoms with Crippen LogP contribution in [0.25, 0.3) is 0 Å². The number of hydrogen-bond donors (Lipinski definition) is 1. The van der Waals surface area contributed by atoms with Crippen LogP contribution in [0.3, 0.4) is 0 Å². The third kappa shape index (κ3) is 4.15. The molecule has 2 rings (SSSR count). The predicted molar refractivity (Wildman–Crippen MR) is 79.2 cm³/mol. The van der Waals surface area contributed by atoms with E-state index in [1.54, 1.807) is 0 Å². The van der Waals surface area contributed by atoms with E-state index in [-0.39, 0.29) is 23.6 Å². The van der Waals surface area contributed by atoms with Crippen LogP contribution >= 0.6 is 0 Å². The molecule has 0 aliphatic carbocycles. The number of nitro benzene ring substituents is 1. The second kappa shape index (κ2) is 7.71. The number of nitrogens with one attached hydrogen (secondary N) is 1. The van der Waals surface area contributed by atoms with Crippen molar-refractivity contribution < 1.29 is 19.2 Å². The Hall–Kier alpha value is -2.19. The van der Waals surface area contributed by atoms with E-state index in [2.05, 4.69) is 10.2 Å². The van der Waals surface area contributed by atoms with Crippen molar-refractivity contribution in [3.05, 3.63) is 33.9 Å². The maximum Gasteiger partial charge on any atom is 0.338 e. The molecule has 1 heterocycles. The molecular weight excluding hydrogens is 290 g/mol. The van der Waals surface area contributed by atoms with Gasteiger partial charge in [0.25, 0.3) is 0 Å². The van der Waals surface area contributed by atoms with Crippen molar-refractivity contribution in [1.82, 2.24) is 10.2 Å². The fourth-order valence-corrected chi connectivity index (χ4v) is 2.24. The van der Waals surface area contributed by atoms with Gasteiger partial charge in [0.05, 0.1) is 17.6 Å². The highest BCUT2D eigenvalue weighted by Gasteiger charge is 2.18. The van der Waals surface area contributed by atoms with Crippen molar-refractivity contribution in [1.29, 1.82) is 0 Å². The Morgan fingerprint density at radius 3 is 2.77 bits per heavy atom. The van der Waals surface area contributed by atoms with E-state index >= 15 is 0 Å². The number of methoxy groups -OCH3 is 1. The number of benzene rings is 1. The molecule has 8 nitrogen and oxygen atoms in total. The van der Waals surface area contributed by atoms with Crippen LogP contribution in [0.1, 0.15) is 10.4 Å².